The van der Waals surface area contributed by atoms with Gasteiger partial charge in [0.2, 0.25) is 0 Å². The third kappa shape index (κ3) is 3.84. The zero-order chi connectivity index (χ0) is 11.1. The molecule has 0 radical (unpaired) electrons. The molecule has 1 aliphatic carbocycles. The van der Waals surface area contributed by atoms with Crippen LogP contribution in [0.5, 0.6) is 0 Å². The lowest BCUT2D eigenvalue weighted by Gasteiger charge is -2.17. The molecule has 0 saturated carbocycles. The molecule has 16 heavy (non-hydrogen) atoms. The standard InChI is InChI=1S/C16H22/c1-2-5-9-15(10-6-3-1)13-14-16-11-7-4-8-12-16/h1-2,4,7-8,11-12,15H,3,5-6,9-10,13-14H2/b2-1-. The number of hydrogen-bond acceptors (Lipinski definition) is 0. The van der Waals surface area contributed by atoms with Crippen molar-refractivity contribution in [2.75, 3.05) is 0 Å². The topological polar surface area (TPSA) is 0 Å². The Bertz CT molecular complexity index is 310. The van der Waals surface area contributed by atoms with E-state index in [1.54, 1.807) is 0 Å². The Kier molecular flexibility index (Phi) is 4.67. The summed E-state index contributed by atoms with van der Waals surface area (Å²) in [6, 6.07) is 10.9. The molecule has 1 unspecified atom stereocenters. The summed E-state index contributed by atoms with van der Waals surface area (Å²) in [4.78, 5) is 0. The van der Waals surface area contributed by atoms with Gasteiger partial charge in [-0.15, -0.1) is 0 Å². The van der Waals surface area contributed by atoms with E-state index in [1.807, 2.05) is 0 Å². The minimum absolute atomic E-state index is 0.949. The molecular formula is C16H22. The van der Waals surface area contributed by atoms with Crippen LogP contribution in [0.1, 0.15) is 44.1 Å². The largest absolute Gasteiger partial charge is 0.0885 e. The van der Waals surface area contributed by atoms with Crippen molar-refractivity contribution in [1.82, 2.24) is 0 Å². The first kappa shape index (κ1) is 11.4. The Morgan fingerprint density at radius 1 is 0.938 bits per heavy atom. The second kappa shape index (κ2) is 6.52. The first-order valence-electron chi connectivity index (χ1n) is 6.64. The first-order valence-corrected chi connectivity index (χ1v) is 6.64. The molecule has 1 aromatic rings. The predicted molar refractivity (Wildman–Crippen MR) is 70.5 cm³/mol. The van der Waals surface area contributed by atoms with Gasteiger partial charge in [-0.1, -0.05) is 48.9 Å². The first-order chi connectivity index (χ1) is 7.95. The smallest absolute Gasteiger partial charge is 0.0276 e. The van der Waals surface area contributed by atoms with E-state index in [-0.39, 0.29) is 0 Å². The normalized spacial score (nSPS) is 23.4. The highest BCUT2D eigenvalue weighted by Crippen LogP contribution is 2.23. The lowest BCUT2D eigenvalue weighted by molar-refractivity contribution is 0.407. The van der Waals surface area contributed by atoms with Crippen molar-refractivity contribution in [2.45, 2.75) is 44.9 Å². The fourth-order valence-corrected chi connectivity index (χ4v) is 2.54. The summed E-state index contributed by atoms with van der Waals surface area (Å²) in [5.41, 5.74) is 1.50. The molecule has 1 aromatic carbocycles. The summed E-state index contributed by atoms with van der Waals surface area (Å²) < 4.78 is 0. The van der Waals surface area contributed by atoms with Crippen LogP contribution < -0.4 is 0 Å². The number of allylic oxidation sites excluding steroid dienone is 2. The zero-order valence-corrected chi connectivity index (χ0v) is 10.1. The lowest BCUT2D eigenvalue weighted by atomic mass is 9.89. The van der Waals surface area contributed by atoms with Gasteiger partial charge in [-0.25, -0.2) is 0 Å². The summed E-state index contributed by atoms with van der Waals surface area (Å²) >= 11 is 0. The SMILES string of the molecule is C1=C\CCC(CCc2ccccc2)CCC/1. The van der Waals surface area contributed by atoms with Crippen LogP contribution >= 0.6 is 0 Å². The van der Waals surface area contributed by atoms with Gasteiger partial charge in [0.05, 0.1) is 0 Å². The van der Waals surface area contributed by atoms with Gasteiger partial charge < -0.3 is 0 Å². The molecule has 0 N–H and O–H groups in total. The molecule has 0 saturated heterocycles. The maximum absolute atomic E-state index is 2.37. The van der Waals surface area contributed by atoms with Gasteiger partial charge in [0, 0.05) is 0 Å². The minimum Gasteiger partial charge on any atom is -0.0885 e. The van der Waals surface area contributed by atoms with Crippen molar-refractivity contribution in [1.29, 1.82) is 0 Å². The Labute approximate surface area is 99.4 Å². The van der Waals surface area contributed by atoms with Crippen molar-refractivity contribution in [3.8, 4) is 0 Å². The fourth-order valence-electron chi connectivity index (χ4n) is 2.54. The monoisotopic (exact) mass is 214 g/mol. The summed E-state index contributed by atoms with van der Waals surface area (Å²) in [7, 11) is 0. The van der Waals surface area contributed by atoms with Crippen LogP contribution in [0.3, 0.4) is 0 Å². The average molecular weight is 214 g/mol. The molecule has 0 aliphatic heterocycles. The molecule has 0 amide bonds. The Morgan fingerprint density at radius 2 is 1.75 bits per heavy atom. The maximum atomic E-state index is 2.37. The Hall–Kier alpha value is -1.04. The van der Waals surface area contributed by atoms with E-state index in [0.717, 1.165) is 5.92 Å². The number of aryl methyl sites for hydroxylation is 1. The summed E-state index contributed by atoms with van der Waals surface area (Å²) in [6.07, 6.45) is 14.1. The molecular weight excluding hydrogens is 192 g/mol. The van der Waals surface area contributed by atoms with Crippen molar-refractivity contribution >= 4 is 0 Å². The van der Waals surface area contributed by atoms with Crippen molar-refractivity contribution in [3.63, 3.8) is 0 Å². The quantitative estimate of drug-likeness (QED) is 0.637. The molecule has 0 bridgehead atoms. The second-order valence-electron chi connectivity index (χ2n) is 4.87. The van der Waals surface area contributed by atoms with Crippen LogP contribution in [-0.4, -0.2) is 0 Å². The van der Waals surface area contributed by atoms with E-state index >= 15 is 0 Å². The maximum Gasteiger partial charge on any atom is -0.0276 e. The lowest BCUT2D eigenvalue weighted by Crippen LogP contribution is -2.03. The molecule has 0 heteroatoms. The summed E-state index contributed by atoms with van der Waals surface area (Å²) in [5.74, 6) is 0.949. The van der Waals surface area contributed by atoms with Gasteiger partial charge in [0.25, 0.3) is 0 Å². The molecule has 1 aliphatic rings. The van der Waals surface area contributed by atoms with Crippen LogP contribution in [0.25, 0.3) is 0 Å². The second-order valence-corrected chi connectivity index (χ2v) is 4.87. The third-order valence-corrected chi connectivity index (χ3v) is 3.58. The molecule has 0 nitrogen and oxygen atoms in total. The molecule has 2 rings (SSSR count). The molecule has 86 valence electrons. The van der Waals surface area contributed by atoms with Gasteiger partial charge in [-0.3, -0.25) is 0 Å². The van der Waals surface area contributed by atoms with E-state index in [0.29, 0.717) is 0 Å². The number of hydrogen-bond donors (Lipinski definition) is 0. The van der Waals surface area contributed by atoms with Crippen LogP contribution in [-0.2, 0) is 6.42 Å². The van der Waals surface area contributed by atoms with Crippen LogP contribution in [0.2, 0.25) is 0 Å². The van der Waals surface area contributed by atoms with Gasteiger partial charge in [-0.2, -0.15) is 0 Å². The van der Waals surface area contributed by atoms with Gasteiger partial charge in [-0.05, 0) is 50.0 Å². The van der Waals surface area contributed by atoms with Crippen molar-refractivity contribution < 1.29 is 0 Å². The number of rotatable bonds is 3. The average Bonchev–Trinajstić information content (AvgIpc) is 2.29. The van der Waals surface area contributed by atoms with Crippen molar-refractivity contribution in [2.24, 2.45) is 5.92 Å². The third-order valence-electron chi connectivity index (χ3n) is 3.58. The van der Waals surface area contributed by atoms with Gasteiger partial charge in [0.15, 0.2) is 0 Å². The van der Waals surface area contributed by atoms with Crippen LogP contribution in [0, 0.1) is 5.92 Å². The van der Waals surface area contributed by atoms with E-state index in [1.165, 1.54) is 50.5 Å². The minimum atomic E-state index is 0.949. The molecule has 1 atom stereocenters. The molecule has 0 aromatic heterocycles. The Morgan fingerprint density at radius 3 is 2.62 bits per heavy atom. The highest BCUT2D eigenvalue weighted by Gasteiger charge is 2.09. The molecule has 0 heterocycles. The van der Waals surface area contributed by atoms with Gasteiger partial charge in [0.1, 0.15) is 0 Å². The van der Waals surface area contributed by atoms with Crippen molar-refractivity contribution in [3.05, 3.63) is 48.0 Å². The van der Waals surface area contributed by atoms with E-state index in [4.69, 9.17) is 0 Å². The highest BCUT2D eigenvalue weighted by molar-refractivity contribution is 5.14. The van der Waals surface area contributed by atoms with Gasteiger partial charge >= 0.3 is 0 Å². The zero-order valence-electron chi connectivity index (χ0n) is 10.1. The summed E-state index contributed by atoms with van der Waals surface area (Å²) in [5, 5.41) is 0. The van der Waals surface area contributed by atoms with Crippen LogP contribution in [0.15, 0.2) is 42.5 Å². The fraction of sp³-hybridized carbons (Fsp3) is 0.500. The number of benzene rings is 1. The predicted octanol–water partition coefficient (Wildman–Crippen LogP) is 4.76. The summed E-state index contributed by atoms with van der Waals surface area (Å²) in [6.45, 7) is 0. The van der Waals surface area contributed by atoms with Crippen LogP contribution in [0.4, 0.5) is 0 Å². The molecule has 0 spiro atoms. The Balaban J connectivity index is 1.78. The van der Waals surface area contributed by atoms with E-state index in [2.05, 4.69) is 42.5 Å². The van der Waals surface area contributed by atoms with E-state index in [9.17, 15) is 0 Å². The highest BCUT2D eigenvalue weighted by atomic mass is 14.1. The molecule has 0 fully saturated rings. The van der Waals surface area contributed by atoms with E-state index < -0.39 is 0 Å².